The van der Waals surface area contributed by atoms with E-state index in [4.69, 9.17) is 10.5 Å². The van der Waals surface area contributed by atoms with Gasteiger partial charge in [-0.1, -0.05) is 11.8 Å². The van der Waals surface area contributed by atoms with Gasteiger partial charge in [0.05, 0.1) is 12.4 Å². The van der Waals surface area contributed by atoms with E-state index in [1.807, 2.05) is 0 Å². The smallest absolute Gasteiger partial charge is 0.343 e. The van der Waals surface area contributed by atoms with Crippen molar-refractivity contribution in [3.05, 3.63) is 11.8 Å². The van der Waals surface area contributed by atoms with Crippen LogP contribution in [0.1, 0.15) is 17.3 Å². The predicted octanol–water partition coefficient (Wildman–Crippen LogP) is 1.59. The van der Waals surface area contributed by atoms with Crippen LogP contribution >= 0.6 is 11.8 Å². The Balaban J connectivity index is 2.75. The molecule has 0 unspecified atom stereocenters. The lowest BCUT2D eigenvalue weighted by Crippen LogP contribution is -2.10. The van der Waals surface area contributed by atoms with Crippen LogP contribution in [0.15, 0.2) is 11.4 Å². The van der Waals surface area contributed by atoms with Crippen molar-refractivity contribution in [2.24, 2.45) is 0 Å². The summed E-state index contributed by atoms with van der Waals surface area (Å²) in [7, 11) is 0. The van der Waals surface area contributed by atoms with Crippen LogP contribution in [-0.2, 0) is 4.74 Å². The van der Waals surface area contributed by atoms with E-state index in [9.17, 15) is 13.6 Å². The number of carbonyl (C=O) groups excluding carboxylic acids is 1. The number of alkyl halides is 2. The highest BCUT2D eigenvalue weighted by atomic mass is 32.2. The topological polar surface area (TPSA) is 78.1 Å². The van der Waals surface area contributed by atoms with Crippen molar-refractivity contribution in [2.75, 3.05) is 18.1 Å². The Hall–Kier alpha value is -1.44. The van der Waals surface area contributed by atoms with Crippen molar-refractivity contribution in [1.82, 2.24) is 9.97 Å². The zero-order valence-corrected chi connectivity index (χ0v) is 9.84. The largest absolute Gasteiger partial charge is 0.462 e. The average molecular weight is 263 g/mol. The number of hydrogen-bond acceptors (Lipinski definition) is 6. The molecule has 0 spiro atoms. The molecule has 0 aromatic carbocycles. The van der Waals surface area contributed by atoms with Gasteiger partial charge in [0.25, 0.3) is 0 Å². The van der Waals surface area contributed by atoms with Gasteiger partial charge in [-0.05, 0) is 6.92 Å². The highest BCUT2D eigenvalue weighted by Crippen LogP contribution is 2.18. The van der Waals surface area contributed by atoms with E-state index in [-0.39, 0.29) is 23.1 Å². The van der Waals surface area contributed by atoms with Crippen LogP contribution < -0.4 is 5.73 Å². The quantitative estimate of drug-likeness (QED) is 0.494. The molecule has 0 bridgehead atoms. The first-order chi connectivity index (χ1) is 8.04. The molecule has 1 aromatic heterocycles. The summed E-state index contributed by atoms with van der Waals surface area (Å²) in [6.07, 6.45) is -1.27. The number of rotatable bonds is 5. The van der Waals surface area contributed by atoms with Crippen LogP contribution in [0.2, 0.25) is 0 Å². The Morgan fingerprint density at radius 3 is 2.88 bits per heavy atom. The van der Waals surface area contributed by atoms with E-state index in [2.05, 4.69) is 9.97 Å². The molecule has 0 aliphatic rings. The van der Waals surface area contributed by atoms with Crippen molar-refractivity contribution in [1.29, 1.82) is 0 Å². The molecule has 0 radical (unpaired) electrons. The van der Waals surface area contributed by atoms with Gasteiger partial charge in [-0.2, -0.15) is 0 Å². The fourth-order valence-corrected chi connectivity index (χ4v) is 1.52. The van der Waals surface area contributed by atoms with Crippen LogP contribution in [0.25, 0.3) is 0 Å². The number of anilines is 1. The molecule has 0 saturated carbocycles. The third-order valence-corrected chi connectivity index (χ3v) is 2.50. The summed E-state index contributed by atoms with van der Waals surface area (Å²) in [5, 5.41) is 0.107. The Morgan fingerprint density at radius 1 is 1.65 bits per heavy atom. The van der Waals surface area contributed by atoms with E-state index in [0.29, 0.717) is 0 Å². The second kappa shape index (κ2) is 6.33. The van der Waals surface area contributed by atoms with Gasteiger partial charge < -0.3 is 10.5 Å². The molecule has 0 atom stereocenters. The van der Waals surface area contributed by atoms with Gasteiger partial charge in [0, 0.05) is 6.20 Å². The molecular weight excluding hydrogens is 252 g/mol. The van der Waals surface area contributed by atoms with Crippen LogP contribution in [-0.4, -0.2) is 34.7 Å². The maximum Gasteiger partial charge on any atom is 0.343 e. The fourth-order valence-electron chi connectivity index (χ4n) is 0.951. The minimum Gasteiger partial charge on any atom is -0.462 e. The molecule has 0 saturated heterocycles. The van der Waals surface area contributed by atoms with E-state index in [1.54, 1.807) is 6.92 Å². The van der Waals surface area contributed by atoms with Gasteiger partial charge in [0.15, 0.2) is 5.16 Å². The number of thioether (sulfide) groups is 1. The number of carbonyl (C=O) groups is 1. The lowest BCUT2D eigenvalue weighted by molar-refractivity contribution is 0.0526. The van der Waals surface area contributed by atoms with Gasteiger partial charge in [-0.25, -0.2) is 23.5 Å². The molecule has 1 heterocycles. The number of nitrogen functional groups attached to an aromatic ring is 1. The molecule has 1 rings (SSSR count). The lowest BCUT2D eigenvalue weighted by Gasteiger charge is -2.05. The maximum absolute atomic E-state index is 11.9. The normalized spacial score (nSPS) is 10.6. The Labute approximate surface area is 101 Å². The Morgan fingerprint density at radius 2 is 2.35 bits per heavy atom. The zero-order chi connectivity index (χ0) is 12.8. The standard InChI is InChI=1S/C9H11F2N3O2S/c1-2-16-8(15)5-3-13-9(14-7(5)12)17-4-6(10)11/h3,6H,2,4H2,1H3,(H2,12,13,14). The molecule has 0 aliphatic heterocycles. The van der Waals surface area contributed by atoms with Crippen LogP contribution in [0, 0.1) is 0 Å². The van der Waals surface area contributed by atoms with E-state index < -0.39 is 18.1 Å². The molecule has 1 aromatic rings. The molecule has 5 nitrogen and oxygen atoms in total. The Bertz CT molecular complexity index is 404. The molecule has 0 amide bonds. The molecule has 2 N–H and O–H groups in total. The zero-order valence-electron chi connectivity index (χ0n) is 9.02. The Kier molecular flexibility index (Phi) is 5.08. The highest BCUT2D eigenvalue weighted by Gasteiger charge is 2.14. The number of nitrogens with zero attached hydrogens (tertiary/aromatic N) is 2. The maximum atomic E-state index is 11.9. The first-order valence-corrected chi connectivity index (χ1v) is 5.73. The van der Waals surface area contributed by atoms with E-state index in [1.165, 1.54) is 6.20 Å². The minimum absolute atomic E-state index is 0.0354. The van der Waals surface area contributed by atoms with Gasteiger partial charge in [0.2, 0.25) is 6.43 Å². The second-order valence-corrected chi connectivity index (χ2v) is 3.86. The fraction of sp³-hybridized carbons (Fsp3) is 0.444. The van der Waals surface area contributed by atoms with E-state index >= 15 is 0 Å². The van der Waals surface area contributed by atoms with Crippen LogP contribution in [0.4, 0.5) is 14.6 Å². The van der Waals surface area contributed by atoms with Gasteiger partial charge in [-0.3, -0.25) is 0 Å². The summed E-state index contributed by atoms with van der Waals surface area (Å²) in [4.78, 5) is 18.8. The summed E-state index contributed by atoms with van der Waals surface area (Å²) in [5.41, 5.74) is 5.54. The van der Waals surface area contributed by atoms with Gasteiger partial charge >= 0.3 is 5.97 Å². The van der Waals surface area contributed by atoms with Crippen molar-refractivity contribution in [2.45, 2.75) is 18.5 Å². The molecule has 0 aliphatic carbocycles. The lowest BCUT2D eigenvalue weighted by atomic mass is 10.3. The second-order valence-electron chi connectivity index (χ2n) is 2.87. The number of hydrogen-bond donors (Lipinski definition) is 1. The van der Waals surface area contributed by atoms with Crippen molar-refractivity contribution in [3.63, 3.8) is 0 Å². The first kappa shape index (κ1) is 13.6. The van der Waals surface area contributed by atoms with Crippen LogP contribution in [0.5, 0.6) is 0 Å². The molecule has 94 valence electrons. The highest BCUT2D eigenvalue weighted by molar-refractivity contribution is 7.99. The molecule has 17 heavy (non-hydrogen) atoms. The first-order valence-electron chi connectivity index (χ1n) is 4.75. The predicted molar refractivity (Wildman–Crippen MR) is 59.1 cm³/mol. The summed E-state index contributed by atoms with van der Waals surface area (Å²) in [5.74, 6) is -1.12. The monoisotopic (exact) mass is 263 g/mol. The third kappa shape index (κ3) is 4.14. The number of esters is 1. The average Bonchev–Trinajstić information content (AvgIpc) is 2.26. The van der Waals surface area contributed by atoms with Crippen LogP contribution in [0.3, 0.4) is 0 Å². The molecule has 8 heteroatoms. The molecule has 0 fully saturated rings. The van der Waals surface area contributed by atoms with Crippen molar-refractivity contribution >= 4 is 23.5 Å². The third-order valence-electron chi connectivity index (χ3n) is 1.63. The minimum atomic E-state index is -2.45. The van der Waals surface area contributed by atoms with Crippen molar-refractivity contribution < 1.29 is 18.3 Å². The summed E-state index contributed by atoms with van der Waals surface area (Å²) < 4.78 is 28.6. The summed E-state index contributed by atoms with van der Waals surface area (Å²) in [6.45, 7) is 1.86. The summed E-state index contributed by atoms with van der Waals surface area (Å²) in [6, 6.07) is 0. The number of halogens is 2. The number of nitrogens with two attached hydrogens (primary N) is 1. The number of aromatic nitrogens is 2. The van der Waals surface area contributed by atoms with E-state index in [0.717, 1.165) is 11.8 Å². The SMILES string of the molecule is CCOC(=O)c1cnc(SCC(F)F)nc1N. The van der Waals surface area contributed by atoms with Gasteiger partial charge in [0.1, 0.15) is 11.4 Å². The van der Waals surface area contributed by atoms with Crippen molar-refractivity contribution in [3.8, 4) is 0 Å². The van der Waals surface area contributed by atoms with Gasteiger partial charge in [-0.15, -0.1) is 0 Å². The molecular formula is C9H11F2N3O2S. The summed E-state index contributed by atoms with van der Waals surface area (Å²) >= 11 is 0.772. The number of ether oxygens (including phenoxy) is 1.